The Hall–Kier alpha value is -3.59. The van der Waals surface area contributed by atoms with E-state index in [1.54, 1.807) is 16.9 Å². The Balaban J connectivity index is 1.51. The lowest BCUT2D eigenvalue weighted by molar-refractivity contribution is -0.132. The van der Waals surface area contributed by atoms with Crippen molar-refractivity contribution in [1.29, 1.82) is 0 Å². The third-order valence-electron chi connectivity index (χ3n) is 7.66. The monoisotopic (exact) mass is 502 g/mol. The van der Waals surface area contributed by atoms with Gasteiger partial charge in [-0.3, -0.25) is 14.5 Å². The molecule has 192 valence electrons. The molecule has 0 aliphatic carbocycles. The first-order chi connectivity index (χ1) is 17.9. The fourth-order valence-corrected chi connectivity index (χ4v) is 5.73. The summed E-state index contributed by atoms with van der Waals surface area (Å²) in [5.41, 5.74) is 4.60. The maximum atomic E-state index is 15.6. The highest BCUT2D eigenvalue weighted by molar-refractivity contribution is 5.97. The van der Waals surface area contributed by atoms with Gasteiger partial charge >= 0.3 is 0 Å². The maximum absolute atomic E-state index is 15.6. The average molecular weight is 503 g/mol. The van der Waals surface area contributed by atoms with E-state index in [0.29, 0.717) is 55.9 Å². The molecule has 5 heterocycles. The first-order valence-corrected chi connectivity index (χ1v) is 13.0. The molecule has 0 saturated carbocycles. The molecule has 1 aromatic carbocycles. The van der Waals surface area contributed by atoms with Crippen molar-refractivity contribution < 1.29 is 13.9 Å². The standard InChI is InChI=1S/C28H31FN6O2/c1-4-25(36)34-9-10-35-24(16-34)27(31-28(35)18-7-11-37-12-8-18)26-20-14-30-23(13-19(20)5-6-22(26)29)21-15-33(3)32-17(21)2/h5-6,13-15,18H,4,7-12,16H2,1-3H3. The van der Waals surface area contributed by atoms with Crippen molar-refractivity contribution in [3.8, 4) is 22.5 Å². The van der Waals surface area contributed by atoms with Crippen molar-refractivity contribution in [3.05, 3.63) is 53.6 Å². The molecule has 0 bridgehead atoms. The summed E-state index contributed by atoms with van der Waals surface area (Å²) in [5.74, 6) is 0.996. The number of hydrogen-bond acceptors (Lipinski definition) is 5. The van der Waals surface area contributed by atoms with Gasteiger partial charge in [0.25, 0.3) is 0 Å². The van der Waals surface area contributed by atoms with E-state index in [2.05, 4.69) is 9.67 Å². The Kier molecular flexibility index (Phi) is 6.03. The molecule has 1 amide bonds. The molecule has 0 unspecified atom stereocenters. The van der Waals surface area contributed by atoms with Crippen molar-refractivity contribution in [3.63, 3.8) is 0 Å². The smallest absolute Gasteiger partial charge is 0.222 e. The van der Waals surface area contributed by atoms with Crippen LogP contribution in [0, 0.1) is 12.7 Å². The minimum atomic E-state index is -0.335. The van der Waals surface area contributed by atoms with Crippen LogP contribution in [-0.2, 0) is 29.7 Å². The molecule has 2 aliphatic rings. The summed E-state index contributed by atoms with van der Waals surface area (Å²) in [4.78, 5) is 24.3. The van der Waals surface area contributed by atoms with Gasteiger partial charge in [-0.15, -0.1) is 0 Å². The highest BCUT2D eigenvalue weighted by Crippen LogP contribution is 2.39. The molecule has 6 rings (SSSR count). The van der Waals surface area contributed by atoms with Crippen LogP contribution in [-0.4, -0.2) is 54.9 Å². The Bertz CT molecular complexity index is 1500. The number of ether oxygens (including phenoxy) is 1. The molecule has 4 aromatic rings. The Labute approximate surface area is 215 Å². The summed E-state index contributed by atoms with van der Waals surface area (Å²) in [6.45, 7) is 6.96. The number of aromatic nitrogens is 5. The Morgan fingerprint density at radius 1 is 1.22 bits per heavy atom. The third kappa shape index (κ3) is 4.11. The lowest BCUT2D eigenvalue weighted by atomic mass is 9.99. The summed E-state index contributed by atoms with van der Waals surface area (Å²) in [6.07, 6.45) is 5.91. The number of fused-ring (bicyclic) bond motifs is 2. The van der Waals surface area contributed by atoms with E-state index in [1.807, 2.05) is 38.1 Å². The van der Waals surface area contributed by atoms with Crippen LogP contribution in [0.2, 0.25) is 0 Å². The van der Waals surface area contributed by atoms with Crippen LogP contribution in [0.15, 0.2) is 30.6 Å². The molecule has 1 fully saturated rings. The molecule has 8 nitrogen and oxygen atoms in total. The summed E-state index contributed by atoms with van der Waals surface area (Å²) >= 11 is 0. The number of hydrogen-bond donors (Lipinski definition) is 0. The predicted molar refractivity (Wildman–Crippen MR) is 138 cm³/mol. The van der Waals surface area contributed by atoms with Crippen molar-refractivity contribution in [2.75, 3.05) is 19.8 Å². The SMILES string of the molecule is CCC(=O)N1CCn2c(C3CCOCC3)nc(-c3c(F)ccc4cc(-c5cn(C)nc5C)ncc34)c2C1. The van der Waals surface area contributed by atoms with Gasteiger partial charge in [0.05, 0.1) is 29.3 Å². The zero-order valence-corrected chi connectivity index (χ0v) is 21.5. The summed E-state index contributed by atoms with van der Waals surface area (Å²) in [7, 11) is 1.88. The molecular weight excluding hydrogens is 471 g/mol. The van der Waals surface area contributed by atoms with E-state index < -0.39 is 0 Å². The van der Waals surface area contributed by atoms with Gasteiger partial charge in [-0.2, -0.15) is 5.10 Å². The Morgan fingerprint density at radius 3 is 2.76 bits per heavy atom. The quantitative estimate of drug-likeness (QED) is 0.408. The van der Waals surface area contributed by atoms with E-state index in [0.717, 1.165) is 46.7 Å². The van der Waals surface area contributed by atoms with Crippen LogP contribution >= 0.6 is 0 Å². The zero-order chi connectivity index (χ0) is 25.7. The highest BCUT2D eigenvalue weighted by atomic mass is 19.1. The third-order valence-corrected chi connectivity index (χ3v) is 7.66. The van der Waals surface area contributed by atoms with Gasteiger partial charge in [-0.25, -0.2) is 9.37 Å². The summed E-state index contributed by atoms with van der Waals surface area (Å²) < 4.78 is 25.2. The minimum absolute atomic E-state index is 0.0996. The maximum Gasteiger partial charge on any atom is 0.222 e. The van der Waals surface area contributed by atoms with E-state index in [9.17, 15) is 4.79 Å². The van der Waals surface area contributed by atoms with Crippen molar-refractivity contribution in [2.24, 2.45) is 7.05 Å². The second-order valence-corrected chi connectivity index (χ2v) is 9.99. The first kappa shape index (κ1) is 23.8. The van der Waals surface area contributed by atoms with E-state index in [1.165, 1.54) is 6.07 Å². The molecular formula is C28H31FN6O2. The topological polar surface area (TPSA) is 78.1 Å². The molecule has 9 heteroatoms. The lowest BCUT2D eigenvalue weighted by Gasteiger charge is -2.31. The van der Waals surface area contributed by atoms with E-state index >= 15 is 4.39 Å². The highest BCUT2D eigenvalue weighted by Gasteiger charge is 2.32. The molecule has 1 saturated heterocycles. The van der Waals surface area contributed by atoms with Crippen molar-refractivity contribution in [2.45, 2.75) is 52.1 Å². The molecule has 0 radical (unpaired) electrons. The number of aryl methyl sites for hydroxylation is 2. The molecule has 0 N–H and O–H groups in total. The number of pyridine rings is 1. The average Bonchev–Trinajstić information content (AvgIpc) is 3.47. The number of imidazole rings is 1. The van der Waals surface area contributed by atoms with Gasteiger partial charge in [-0.05, 0) is 37.3 Å². The number of carbonyl (C=O) groups is 1. The fraction of sp³-hybridized carbons (Fsp3) is 0.429. The lowest BCUT2D eigenvalue weighted by Crippen LogP contribution is -2.38. The van der Waals surface area contributed by atoms with Crippen molar-refractivity contribution in [1.82, 2.24) is 29.2 Å². The summed E-state index contributed by atoms with van der Waals surface area (Å²) in [5, 5.41) is 6.03. The number of amides is 1. The summed E-state index contributed by atoms with van der Waals surface area (Å²) in [6, 6.07) is 5.28. The minimum Gasteiger partial charge on any atom is -0.381 e. The first-order valence-electron chi connectivity index (χ1n) is 13.0. The van der Waals surface area contributed by atoms with Gasteiger partial charge in [0.15, 0.2) is 0 Å². The molecule has 0 atom stereocenters. The van der Waals surface area contributed by atoms with Gasteiger partial charge in [0, 0.05) is 74.6 Å². The zero-order valence-electron chi connectivity index (χ0n) is 21.5. The second-order valence-electron chi connectivity index (χ2n) is 9.99. The normalized spacial score (nSPS) is 16.4. The van der Waals surface area contributed by atoms with Gasteiger partial charge < -0.3 is 14.2 Å². The van der Waals surface area contributed by atoms with E-state index in [-0.39, 0.29) is 17.6 Å². The van der Waals surface area contributed by atoms with E-state index in [4.69, 9.17) is 14.7 Å². The number of halogens is 1. The van der Waals surface area contributed by atoms with Crippen LogP contribution in [0.4, 0.5) is 4.39 Å². The van der Waals surface area contributed by atoms with Crippen LogP contribution in [0.25, 0.3) is 33.3 Å². The predicted octanol–water partition coefficient (Wildman–Crippen LogP) is 4.59. The number of benzene rings is 1. The van der Waals surface area contributed by atoms with Crippen LogP contribution in [0.3, 0.4) is 0 Å². The van der Waals surface area contributed by atoms with Crippen molar-refractivity contribution >= 4 is 16.7 Å². The second kappa shape index (κ2) is 9.37. The fourth-order valence-electron chi connectivity index (χ4n) is 5.73. The van der Waals surface area contributed by atoms with Crippen LogP contribution in [0.1, 0.15) is 49.3 Å². The molecule has 37 heavy (non-hydrogen) atoms. The Morgan fingerprint density at radius 2 is 2.03 bits per heavy atom. The largest absolute Gasteiger partial charge is 0.381 e. The van der Waals surface area contributed by atoms with Crippen LogP contribution < -0.4 is 0 Å². The molecule has 2 aliphatic heterocycles. The number of rotatable bonds is 4. The van der Waals surface area contributed by atoms with Gasteiger partial charge in [0.2, 0.25) is 5.91 Å². The van der Waals surface area contributed by atoms with Crippen LogP contribution in [0.5, 0.6) is 0 Å². The van der Waals surface area contributed by atoms with Gasteiger partial charge in [-0.1, -0.05) is 13.0 Å². The van der Waals surface area contributed by atoms with Gasteiger partial charge in [0.1, 0.15) is 11.6 Å². The molecule has 0 spiro atoms. The molecule has 3 aromatic heterocycles. The number of nitrogens with zero attached hydrogens (tertiary/aromatic N) is 6. The number of carbonyl (C=O) groups excluding carboxylic acids is 1.